The molecular formula is C14H14F3N3O3. The molecular weight excluding hydrogens is 315 g/mol. The van der Waals surface area contributed by atoms with Crippen LogP contribution in [-0.2, 0) is 17.4 Å². The molecule has 2 aromatic rings. The number of aromatic amines is 1. The van der Waals surface area contributed by atoms with Crippen molar-refractivity contribution in [1.82, 2.24) is 10.1 Å². The standard InChI is InChI=1S/C14H14F3N3O3/c1-7-10(8(2)23-20-7)3-4-12(21)19-11-5-9(14(15,16)17)6-18-13(11)22/h5-6H,3-4H2,1-2H3,(H,18,22)(H,19,21). The van der Waals surface area contributed by atoms with Gasteiger partial charge in [-0.2, -0.15) is 13.2 Å². The highest BCUT2D eigenvalue weighted by Crippen LogP contribution is 2.29. The smallest absolute Gasteiger partial charge is 0.361 e. The predicted molar refractivity (Wildman–Crippen MR) is 75.0 cm³/mol. The van der Waals surface area contributed by atoms with E-state index in [1.54, 1.807) is 13.8 Å². The van der Waals surface area contributed by atoms with Gasteiger partial charge < -0.3 is 14.8 Å². The number of anilines is 1. The van der Waals surface area contributed by atoms with Gasteiger partial charge in [0.1, 0.15) is 11.4 Å². The first-order valence-corrected chi connectivity index (χ1v) is 6.70. The predicted octanol–water partition coefficient (Wildman–Crippen LogP) is 2.57. The zero-order valence-corrected chi connectivity index (χ0v) is 12.4. The molecule has 0 aromatic carbocycles. The number of H-pyrrole nitrogens is 1. The van der Waals surface area contributed by atoms with Gasteiger partial charge in [-0.3, -0.25) is 9.59 Å². The average Bonchev–Trinajstić information content (AvgIpc) is 2.77. The minimum atomic E-state index is -4.61. The lowest BCUT2D eigenvalue weighted by Crippen LogP contribution is -2.21. The second kappa shape index (κ2) is 6.27. The minimum absolute atomic E-state index is 0.0153. The third-order valence-electron chi connectivity index (χ3n) is 3.29. The number of carbonyl (C=O) groups excluding carboxylic acids is 1. The van der Waals surface area contributed by atoms with E-state index >= 15 is 0 Å². The van der Waals surface area contributed by atoms with Gasteiger partial charge in [-0.25, -0.2) is 0 Å². The Bertz CT molecular complexity index is 758. The van der Waals surface area contributed by atoms with Gasteiger partial charge in [0.05, 0.1) is 11.3 Å². The molecule has 0 unspecified atom stereocenters. The molecule has 1 amide bonds. The summed E-state index contributed by atoms with van der Waals surface area (Å²) in [5.74, 6) is 0.00189. The number of alkyl halides is 3. The number of hydrogen-bond donors (Lipinski definition) is 2. The molecule has 0 fully saturated rings. The molecule has 6 nitrogen and oxygen atoms in total. The first-order chi connectivity index (χ1) is 10.7. The number of aromatic nitrogens is 2. The van der Waals surface area contributed by atoms with E-state index in [0.717, 1.165) is 5.56 Å². The van der Waals surface area contributed by atoms with E-state index in [2.05, 4.69) is 10.5 Å². The Hall–Kier alpha value is -2.58. The van der Waals surface area contributed by atoms with E-state index < -0.39 is 28.9 Å². The number of hydrogen-bond acceptors (Lipinski definition) is 4. The molecule has 2 aromatic heterocycles. The minimum Gasteiger partial charge on any atom is -0.361 e. The van der Waals surface area contributed by atoms with Gasteiger partial charge in [0.15, 0.2) is 0 Å². The Labute approximate surface area is 128 Å². The van der Waals surface area contributed by atoms with Crippen LogP contribution in [0.15, 0.2) is 21.6 Å². The molecule has 2 rings (SSSR count). The monoisotopic (exact) mass is 329 g/mol. The van der Waals surface area contributed by atoms with Crippen LogP contribution in [0.25, 0.3) is 0 Å². The number of pyridine rings is 1. The molecule has 0 saturated heterocycles. The normalized spacial score (nSPS) is 11.5. The number of rotatable bonds is 4. The number of amides is 1. The highest BCUT2D eigenvalue weighted by atomic mass is 19.4. The van der Waals surface area contributed by atoms with Gasteiger partial charge in [0.2, 0.25) is 5.91 Å². The van der Waals surface area contributed by atoms with Crippen LogP contribution in [-0.4, -0.2) is 16.0 Å². The van der Waals surface area contributed by atoms with Crippen molar-refractivity contribution in [2.24, 2.45) is 0 Å². The zero-order valence-electron chi connectivity index (χ0n) is 12.4. The van der Waals surface area contributed by atoms with Gasteiger partial charge in [0, 0.05) is 18.2 Å². The average molecular weight is 329 g/mol. The largest absolute Gasteiger partial charge is 0.417 e. The van der Waals surface area contributed by atoms with E-state index in [9.17, 15) is 22.8 Å². The van der Waals surface area contributed by atoms with Gasteiger partial charge >= 0.3 is 6.18 Å². The molecule has 0 aliphatic heterocycles. The zero-order chi connectivity index (χ0) is 17.2. The fourth-order valence-corrected chi connectivity index (χ4v) is 2.05. The SMILES string of the molecule is Cc1noc(C)c1CCC(=O)Nc1cc(C(F)(F)F)c[nH]c1=O. The summed E-state index contributed by atoms with van der Waals surface area (Å²) < 4.78 is 42.8. The van der Waals surface area contributed by atoms with Crippen molar-refractivity contribution in [2.75, 3.05) is 5.32 Å². The quantitative estimate of drug-likeness (QED) is 0.902. The molecule has 0 aliphatic carbocycles. The molecule has 0 bridgehead atoms. The summed E-state index contributed by atoms with van der Waals surface area (Å²) in [6, 6.07) is 0.604. The first kappa shape index (κ1) is 16.8. The summed E-state index contributed by atoms with van der Waals surface area (Å²) in [6.45, 7) is 3.42. The molecule has 23 heavy (non-hydrogen) atoms. The highest BCUT2D eigenvalue weighted by molar-refractivity contribution is 5.90. The Morgan fingerprint density at radius 3 is 2.65 bits per heavy atom. The van der Waals surface area contributed by atoms with Crippen molar-refractivity contribution in [3.05, 3.63) is 45.2 Å². The Morgan fingerprint density at radius 2 is 2.09 bits per heavy atom. The van der Waals surface area contributed by atoms with E-state index in [1.807, 2.05) is 4.98 Å². The third-order valence-corrected chi connectivity index (χ3v) is 3.29. The summed E-state index contributed by atoms with van der Waals surface area (Å²) >= 11 is 0. The van der Waals surface area contributed by atoms with Crippen LogP contribution < -0.4 is 10.9 Å². The molecule has 124 valence electrons. The van der Waals surface area contributed by atoms with Crippen LogP contribution in [0.3, 0.4) is 0 Å². The highest BCUT2D eigenvalue weighted by Gasteiger charge is 2.31. The maximum absolute atomic E-state index is 12.6. The molecule has 2 heterocycles. The number of nitrogens with one attached hydrogen (secondary N) is 2. The molecule has 0 radical (unpaired) electrons. The van der Waals surface area contributed by atoms with Crippen LogP contribution in [0.2, 0.25) is 0 Å². The van der Waals surface area contributed by atoms with Crippen LogP contribution >= 0.6 is 0 Å². The molecule has 0 aliphatic rings. The first-order valence-electron chi connectivity index (χ1n) is 6.70. The fourth-order valence-electron chi connectivity index (χ4n) is 2.05. The maximum atomic E-state index is 12.6. The summed E-state index contributed by atoms with van der Waals surface area (Å²) in [6.07, 6.45) is -3.76. The van der Waals surface area contributed by atoms with Crippen LogP contribution in [0.1, 0.15) is 29.0 Å². The van der Waals surface area contributed by atoms with Gasteiger partial charge in [-0.15, -0.1) is 0 Å². The topological polar surface area (TPSA) is 88.0 Å². The molecule has 9 heteroatoms. The number of halogens is 3. The van der Waals surface area contributed by atoms with E-state index in [4.69, 9.17) is 4.52 Å². The lowest BCUT2D eigenvalue weighted by Gasteiger charge is -2.09. The van der Waals surface area contributed by atoms with E-state index in [0.29, 0.717) is 30.1 Å². The Kier molecular flexibility index (Phi) is 4.57. The van der Waals surface area contributed by atoms with Crippen LogP contribution in [0.4, 0.5) is 18.9 Å². The van der Waals surface area contributed by atoms with Gasteiger partial charge in [-0.05, 0) is 26.3 Å². The number of nitrogens with zero attached hydrogens (tertiary/aromatic N) is 1. The lowest BCUT2D eigenvalue weighted by molar-refractivity contribution is -0.137. The van der Waals surface area contributed by atoms with Crippen LogP contribution in [0, 0.1) is 13.8 Å². The van der Waals surface area contributed by atoms with Gasteiger partial charge in [0.25, 0.3) is 5.56 Å². The maximum Gasteiger partial charge on any atom is 0.417 e. The lowest BCUT2D eigenvalue weighted by atomic mass is 10.1. The van der Waals surface area contributed by atoms with Crippen molar-refractivity contribution in [2.45, 2.75) is 32.9 Å². The molecule has 2 N–H and O–H groups in total. The van der Waals surface area contributed by atoms with E-state index in [1.165, 1.54) is 0 Å². The molecule has 0 atom stereocenters. The fraction of sp³-hybridized carbons (Fsp3) is 0.357. The summed E-state index contributed by atoms with van der Waals surface area (Å²) in [4.78, 5) is 25.3. The second-order valence-corrected chi connectivity index (χ2v) is 4.98. The van der Waals surface area contributed by atoms with Crippen LogP contribution in [0.5, 0.6) is 0 Å². The Morgan fingerprint density at radius 1 is 1.39 bits per heavy atom. The van der Waals surface area contributed by atoms with E-state index in [-0.39, 0.29) is 6.42 Å². The summed E-state index contributed by atoms with van der Waals surface area (Å²) in [7, 11) is 0. The summed E-state index contributed by atoms with van der Waals surface area (Å²) in [5, 5.41) is 5.93. The van der Waals surface area contributed by atoms with Crippen molar-refractivity contribution in [3.8, 4) is 0 Å². The number of aryl methyl sites for hydroxylation is 2. The summed E-state index contributed by atoms with van der Waals surface area (Å²) in [5.41, 5.74) is -0.879. The Balaban J connectivity index is 2.07. The number of carbonyl (C=O) groups is 1. The van der Waals surface area contributed by atoms with Crippen molar-refractivity contribution in [3.63, 3.8) is 0 Å². The van der Waals surface area contributed by atoms with Crippen molar-refractivity contribution in [1.29, 1.82) is 0 Å². The second-order valence-electron chi connectivity index (χ2n) is 4.98. The molecule has 0 spiro atoms. The molecule has 0 saturated carbocycles. The third kappa shape index (κ3) is 3.99. The van der Waals surface area contributed by atoms with Crippen molar-refractivity contribution >= 4 is 11.6 Å². The van der Waals surface area contributed by atoms with Crippen molar-refractivity contribution < 1.29 is 22.5 Å². The van der Waals surface area contributed by atoms with Gasteiger partial charge in [-0.1, -0.05) is 5.16 Å².